The van der Waals surface area contributed by atoms with Gasteiger partial charge in [-0.2, -0.15) is 15.1 Å². The lowest BCUT2D eigenvalue weighted by atomic mass is 10.2. The Bertz CT molecular complexity index is 765. The molecule has 0 saturated carbocycles. The summed E-state index contributed by atoms with van der Waals surface area (Å²) in [7, 11) is 0. The fraction of sp³-hybridized carbons (Fsp3) is 0.214. The Labute approximate surface area is 121 Å². The van der Waals surface area contributed by atoms with Crippen LogP contribution in [-0.2, 0) is 0 Å². The quantitative estimate of drug-likeness (QED) is 0.752. The second-order valence-electron chi connectivity index (χ2n) is 4.50. The molecular weight excluding hydrogens is 274 g/mol. The third kappa shape index (κ3) is 2.20. The number of aromatic nitrogens is 4. The summed E-state index contributed by atoms with van der Waals surface area (Å²) < 4.78 is 1.77. The fourth-order valence-corrected chi connectivity index (χ4v) is 2.30. The summed E-state index contributed by atoms with van der Waals surface area (Å²) in [5.41, 5.74) is 2.82. The van der Waals surface area contributed by atoms with Crippen molar-refractivity contribution in [3.8, 4) is 5.69 Å². The van der Waals surface area contributed by atoms with Crippen molar-refractivity contribution in [3.63, 3.8) is 0 Å². The number of anilines is 1. The SMILES string of the molecule is CCNc1nc(Cl)nc2c1cnn2-c1cccc(C)c1. The first-order valence-electron chi connectivity index (χ1n) is 6.41. The first-order valence-corrected chi connectivity index (χ1v) is 6.79. The summed E-state index contributed by atoms with van der Waals surface area (Å²) >= 11 is 6.00. The van der Waals surface area contributed by atoms with Crippen molar-refractivity contribution < 1.29 is 0 Å². The van der Waals surface area contributed by atoms with Gasteiger partial charge < -0.3 is 5.32 Å². The number of fused-ring (bicyclic) bond motifs is 1. The lowest BCUT2D eigenvalue weighted by Gasteiger charge is -2.06. The maximum atomic E-state index is 6.00. The summed E-state index contributed by atoms with van der Waals surface area (Å²) in [5, 5.41) is 8.65. The van der Waals surface area contributed by atoms with Crippen LogP contribution in [0.3, 0.4) is 0 Å². The van der Waals surface area contributed by atoms with Gasteiger partial charge in [0.1, 0.15) is 5.82 Å². The van der Waals surface area contributed by atoms with Crippen LogP contribution < -0.4 is 5.32 Å². The van der Waals surface area contributed by atoms with Crippen LogP contribution in [0, 0.1) is 6.92 Å². The molecule has 0 spiro atoms. The second kappa shape index (κ2) is 5.09. The molecule has 3 aromatic rings. The van der Waals surface area contributed by atoms with Crippen molar-refractivity contribution in [1.29, 1.82) is 0 Å². The van der Waals surface area contributed by atoms with Crippen LogP contribution in [0.5, 0.6) is 0 Å². The van der Waals surface area contributed by atoms with Gasteiger partial charge in [0.2, 0.25) is 5.28 Å². The molecule has 0 saturated heterocycles. The highest BCUT2D eigenvalue weighted by Crippen LogP contribution is 2.24. The topological polar surface area (TPSA) is 55.6 Å². The van der Waals surface area contributed by atoms with Crippen molar-refractivity contribution in [2.75, 3.05) is 11.9 Å². The first kappa shape index (κ1) is 12.9. The standard InChI is InChI=1S/C14H14ClN5/c1-3-16-12-11-8-17-20(13(11)19-14(15)18-12)10-6-4-5-9(2)7-10/h4-8H,3H2,1-2H3,(H,16,18,19). The molecule has 0 unspecified atom stereocenters. The molecule has 2 heterocycles. The highest BCUT2D eigenvalue weighted by atomic mass is 35.5. The predicted octanol–water partition coefficient (Wildman–Crippen LogP) is 3.21. The number of nitrogens with one attached hydrogen (secondary N) is 1. The van der Waals surface area contributed by atoms with E-state index in [-0.39, 0.29) is 5.28 Å². The van der Waals surface area contributed by atoms with Crippen LogP contribution in [0.2, 0.25) is 5.28 Å². The Morgan fingerprint density at radius 2 is 2.15 bits per heavy atom. The molecule has 0 amide bonds. The van der Waals surface area contributed by atoms with E-state index in [2.05, 4.69) is 26.4 Å². The maximum Gasteiger partial charge on any atom is 0.226 e. The molecule has 6 heteroatoms. The van der Waals surface area contributed by atoms with Crippen molar-refractivity contribution in [2.24, 2.45) is 0 Å². The van der Waals surface area contributed by atoms with Gasteiger partial charge in [-0.3, -0.25) is 0 Å². The number of halogens is 1. The van der Waals surface area contributed by atoms with Gasteiger partial charge in [-0.1, -0.05) is 12.1 Å². The highest BCUT2D eigenvalue weighted by Gasteiger charge is 2.12. The minimum atomic E-state index is 0.211. The number of aryl methyl sites for hydroxylation is 1. The molecule has 2 aromatic heterocycles. The Morgan fingerprint density at radius 1 is 1.30 bits per heavy atom. The van der Waals surface area contributed by atoms with E-state index in [1.54, 1.807) is 10.9 Å². The maximum absolute atomic E-state index is 6.00. The lowest BCUT2D eigenvalue weighted by molar-refractivity contribution is 0.894. The molecule has 3 rings (SSSR count). The highest BCUT2D eigenvalue weighted by molar-refractivity contribution is 6.28. The van der Waals surface area contributed by atoms with Gasteiger partial charge >= 0.3 is 0 Å². The molecule has 0 bridgehead atoms. The molecule has 0 aliphatic carbocycles. The lowest BCUT2D eigenvalue weighted by Crippen LogP contribution is -2.03. The molecule has 0 aliphatic heterocycles. The number of hydrogen-bond donors (Lipinski definition) is 1. The average Bonchev–Trinajstić information content (AvgIpc) is 2.82. The number of nitrogens with zero attached hydrogens (tertiary/aromatic N) is 4. The third-order valence-electron chi connectivity index (χ3n) is 2.99. The van der Waals surface area contributed by atoms with Crippen molar-refractivity contribution in [1.82, 2.24) is 19.7 Å². The summed E-state index contributed by atoms with van der Waals surface area (Å²) in [6.45, 7) is 4.81. The van der Waals surface area contributed by atoms with Gasteiger partial charge in [-0.25, -0.2) is 4.68 Å². The zero-order valence-electron chi connectivity index (χ0n) is 11.3. The van der Waals surface area contributed by atoms with E-state index in [0.717, 1.165) is 17.6 Å². The van der Waals surface area contributed by atoms with Crippen LogP contribution in [0.1, 0.15) is 12.5 Å². The van der Waals surface area contributed by atoms with Crippen LogP contribution in [0.4, 0.5) is 5.82 Å². The Kier molecular flexibility index (Phi) is 3.28. The Morgan fingerprint density at radius 3 is 2.90 bits per heavy atom. The van der Waals surface area contributed by atoms with Gasteiger partial charge in [0, 0.05) is 6.54 Å². The molecule has 1 N–H and O–H groups in total. The van der Waals surface area contributed by atoms with E-state index in [1.165, 1.54) is 5.56 Å². The van der Waals surface area contributed by atoms with Gasteiger partial charge in [0.15, 0.2) is 5.65 Å². The number of benzene rings is 1. The van der Waals surface area contributed by atoms with E-state index in [9.17, 15) is 0 Å². The predicted molar refractivity (Wildman–Crippen MR) is 80.6 cm³/mol. The van der Waals surface area contributed by atoms with Crippen molar-refractivity contribution in [3.05, 3.63) is 41.3 Å². The smallest absolute Gasteiger partial charge is 0.226 e. The third-order valence-corrected chi connectivity index (χ3v) is 3.16. The fourth-order valence-electron chi connectivity index (χ4n) is 2.13. The number of rotatable bonds is 3. The second-order valence-corrected chi connectivity index (χ2v) is 4.84. The minimum absolute atomic E-state index is 0.211. The molecule has 20 heavy (non-hydrogen) atoms. The molecule has 1 aromatic carbocycles. The molecule has 0 atom stereocenters. The summed E-state index contributed by atoms with van der Waals surface area (Å²) in [6, 6.07) is 8.07. The van der Waals surface area contributed by atoms with Gasteiger partial charge in [-0.15, -0.1) is 0 Å². The molecule has 0 fully saturated rings. The van der Waals surface area contributed by atoms with E-state index in [4.69, 9.17) is 11.6 Å². The van der Waals surface area contributed by atoms with E-state index in [1.807, 2.05) is 32.0 Å². The van der Waals surface area contributed by atoms with Crippen LogP contribution in [-0.4, -0.2) is 26.3 Å². The first-order chi connectivity index (χ1) is 9.69. The van der Waals surface area contributed by atoms with Crippen LogP contribution in [0.15, 0.2) is 30.5 Å². The summed E-state index contributed by atoms with van der Waals surface area (Å²) in [5.74, 6) is 0.710. The van der Waals surface area contributed by atoms with Crippen molar-refractivity contribution in [2.45, 2.75) is 13.8 Å². The number of hydrogen-bond acceptors (Lipinski definition) is 4. The molecule has 102 valence electrons. The summed E-state index contributed by atoms with van der Waals surface area (Å²) in [4.78, 5) is 8.50. The van der Waals surface area contributed by atoms with E-state index < -0.39 is 0 Å². The molecule has 0 aliphatic rings. The van der Waals surface area contributed by atoms with Gasteiger partial charge in [0.05, 0.1) is 17.3 Å². The zero-order chi connectivity index (χ0) is 14.1. The van der Waals surface area contributed by atoms with E-state index in [0.29, 0.717) is 11.5 Å². The van der Waals surface area contributed by atoms with Crippen LogP contribution in [0.25, 0.3) is 16.7 Å². The van der Waals surface area contributed by atoms with Crippen LogP contribution >= 0.6 is 11.6 Å². The average molecular weight is 288 g/mol. The Balaban J connectivity index is 2.23. The van der Waals surface area contributed by atoms with Gasteiger partial charge in [0.25, 0.3) is 0 Å². The molecular formula is C14H14ClN5. The minimum Gasteiger partial charge on any atom is -0.370 e. The largest absolute Gasteiger partial charge is 0.370 e. The molecule has 0 radical (unpaired) electrons. The normalized spacial score (nSPS) is 10.9. The molecule has 5 nitrogen and oxygen atoms in total. The summed E-state index contributed by atoms with van der Waals surface area (Å²) in [6.07, 6.45) is 1.76. The van der Waals surface area contributed by atoms with Gasteiger partial charge in [-0.05, 0) is 43.1 Å². The zero-order valence-corrected chi connectivity index (χ0v) is 12.0. The monoisotopic (exact) mass is 287 g/mol. The van der Waals surface area contributed by atoms with Crippen molar-refractivity contribution >= 4 is 28.5 Å². The van der Waals surface area contributed by atoms with E-state index >= 15 is 0 Å². The Hall–Kier alpha value is -2.14.